The van der Waals surface area contributed by atoms with Gasteiger partial charge < -0.3 is 20.5 Å². The highest BCUT2D eigenvalue weighted by molar-refractivity contribution is 7.08. The molecule has 0 radical (unpaired) electrons. The van der Waals surface area contributed by atoms with Crippen LogP contribution in [0.1, 0.15) is 36.2 Å². The van der Waals surface area contributed by atoms with Crippen LogP contribution in [0.25, 0.3) is 0 Å². The lowest BCUT2D eigenvalue weighted by molar-refractivity contribution is 0.0621. The van der Waals surface area contributed by atoms with Gasteiger partial charge in [-0.25, -0.2) is 4.99 Å². The fourth-order valence-electron chi connectivity index (χ4n) is 2.66. The van der Waals surface area contributed by atoms with Gasteiger partial charge in [-0.2, -0.15) is 11.3 Å². The second-order valence-electron chi connectivity index (χ2n) is 6.38. The molecule has 26 heavy (non-hydrogen) atoms. The number of hydrogen-bond acceptors (Lipinski definition) is 5. The number of pyridine rings is 1. The normalized spacial score (nSPS) is 14.0. The summed E-state index contributed by atoms with van der Waals surface area (Å²) in [5, 5.41) is 21.0. The molecule has 0 saturated heterocycles. The molecule has 7 heteroatoms. The van der Waals surface area contributed by atoms with Gasteiger partial charge in [-0.1, -0.05) is 0 Å². The SMILES string of the molecule is CCNC(=NCc1ncc(C)c(OC)c1C)NCC(C)(O)c1ccsc1. The van der Waals surface area contributed by atoms with Gasteiger partial charge in [0.1, 0.15) is 11.4 Å². The molecule has 2 aromatic heterocycles. The summed E-state index contributed by atoms with van der Waals surface area (Å²) in [6.07, 6.45) is 1.80. The molecule has 2 heterocycles. The van der Waals surface area contributed by atoms with Crippen LogP contribution in [0.15, 0.2) is 28.0 Å². The van der Waals surface area contributed by atoms with E-state index in [9.17, 15) is 5.11 Å². The van der Waals surface area contributed by atoms with Gasteiger partial charge in [-0.05, 0) is 50.1 Å². The number of guanidine groups is 1. The van der Waals surface area contributed by atoms with Crippen molar-refractivity contribution in [3.05, 3.63) is 45.4 Å². The fourth-order valence-corrected chi connectivity index (χ4v) is 3.44. The molecule has 0 saturated carbocycles. The van der Waals surface area contributed by atoms with Crippen LogP contribution >= 0.6 is 11.3 Å². The first-order valence-corrected chi connectivity index (χ1v) is 9.59. The molecular formula is C19H28N4O2S. The Labute approximate surface area is 159 Å². The minimum absolute atomic E-state index is 0.360. The summed E-state index contributed by atoms with van der Waals surface area (Å²) in [5.41, 5.74) is 2.81. The number of hydrogen-bond donors (Lipinski definition) is 3. The minimum atomic E-state index is -0.961. The molecule has 1 atom stereocenters. The Kier molecular flexibility index (Phi) is 6.99. The van der Waals surface area contributed by atoms with Crippen molar-refractivity contribution in [1.29, 1.82) is 0 Å². The summed E-state index contributed by atoms with van der Waals surface area (Å²) >= 11 is 1.57. The molecule has 142 valence electrons. The van der Waals surface area contributed by atoms with Gasteiger partial charge in [0.25, 0.3) is 0 Å². The summed E-state index contributed by atoms with van der Waals surface area (Å²) in [6, 6.07) is 1.93. The second kappa shape index (κ2) is 9.00. The third-order valence-corrected chi connectivity index (χ3v) is 4.91. The number of rotatable bonds is 7. The Morgan fingerprint density at radius 2 is 2.15 bits per heavy atom. The first kappa shape index (κ1) is 20.2. The number of aliphatic hydroxyl groups is 1. The van der Waals surface area contributed by atoms with Gasteiger partial charge in [0.05, 0.1) is 25.9 Å². The average molecular weight is 377 g/mol. The molecule has 0 amide bonds. The molecule has 1 unspecified atom stereocenters. The summed E-state index contributed by atoms with van der Waals surface area (Å²) in [6.45, 7) is 9.29. The van der Waals surface area contributed by atoms with E-state index in [1.807, 2.05) is 37.6 Å². The van der Waals surface area contributed by atoms with Crippen LogP contribution in [0.5, 0.6) is 5.75 Å². The lowest BCUT2D eigenvalue weighted by Crippen LogP contribution is -2.44. The summed E-state index contributed by atoms with van der Waals surface area (Å²) in [7, 11) is 1.67. The molecular weight excluding hydrogens is 348 g/mol. The number of aryl methyl sites for hydroxylation is 1. The van der Waals surface area contributed by atoms with Crippen LogP contribution in [-0.4, -0.2) is 36.2 Å². The Morgan fingerprint density at radius 3 is 2.77 bits per heavy atom. The molecule has 3 N–H and O–H groups in total. The number of nitrogens with zero attached hydrogens (tertiary/aromatic N) is 2. The van der Waals surface area contributed by atoms with Gasteiger partial charge in [0, 0.05) is 23.9 Å². The van der Waals surface area contributed by atoms with E-state index in [1.54, 1.807) is 31.6 Å². The van der Waals surface area contributed by atoms with E-state index >= 15 is 0 Å². The highest BCUT2D eigenvalue weighted by Gasteiger charge is 2.23. The van der Waals surface area contributed by atoms with Gasteiger partial charge in [-0.15, -0.1) is 0 Å². The number of nitrogens with one attached hydrogen (secondary N) is 2. The molecule has 0 fully saturated rings. The zero-order chi connectivity index (χ0) is 19.2. The Morgan fingerprint density at radius 1 is 1.38 bits per heavy atom. The number of thiophene rings is 1. The zero-order valence-electron chi connectivity index (χ0n) is 16.1. The van der Waals surface area contributed by atoms with Crippen molar-refractivity contribution in [2.45, 2.75) is 39.8 Å². The number of methoxy groups -OCH3 is 1. The van der Waals surface area contributed by atoms with Gasteiger partial charge >= 0.3 is 0 Å². The van der Waals surface area contributed by atoms with Crippen molar-refractivity contribution in [1.82, 2.24) is 15.6 Å². The topological polar surface area (TPSA) is 78.8 Å². The molecule has 2 aromatic rings. The van der Waals surface area contributed by atoms with Crippen molar-refractivity contribution in [2.24, 2.45) is 4.99 Å². The van der Waals surface area contributed by atoms with Crippen molar-refractivity contribution in [3.8, 4) is 5.75 Å². The predicted octanol–water partition coefficient (Wildman–Crippen LogP) is 2.73. The maximum atomic E-state index is 10.7. The van der Waals surface area contributed by atoms with E-state index in [1.165, 1.54) is 0 Å². The quantitative estimate of drug-likeness (QED) is 0.511. The third kappa shape index (κ3) is 4.95. The molecule has 6 nitrogen and oxygen atoms in total. The molecule has 0 aliphatic carbocycles. The molecule has 0 spiro atoms. The summed E-state index contributed by atoms with van der Waals surface area (Å²) < 4.78 is 5.45. The van der Waals surface area contributed by atoms with Crippen molar-refractivity contribution >= 4 is 17.3 Å². The average Bonchev–Trinajstić information content (AvgIpc) is 3.15. The lowest BCUT2D eigenvalue weighted by atomic mass is 9.99. The van der Waals surface area contributed by atoms with E-state index in [2.05, 4.69) is 20.6 Å². The van der Waals surface area contributed by atoms with Crippen LogP contribution in [0.4, 0.5) is 0 Å². The summed E-state index contributed by atoms with van der Waals surface area (Å²) in [5.74, 6) is 1.49. The van der Waals surface area contributed by atoms with Gasteiger partial charge in [-0.3, -0.25) is 4.98 Å². The van der Waals surface area contributed by atoms with Crippen molar-refractivity contribution in [3.63, 3.8) is 0 Å². The van der Waals surface area contributed by atoms with E-state index in [-0.39, 0.29) is 0 Å². The smallest absolute Gasteiger partial charge is 0.191 e. The number of aromatic nitrogens is 1. The standard InChI is InChI=1S/C19H28N4O2S/c1-6-20-18(23-12-19(4,24)15-7-8-26-11-15)22-10-16-14(3)17(25-5)13(2)9-21-16/h7-9,11,24H,6,10,12H2,1-5H3,(H2,20,22,23). The largest absolute Gasteiger partial charge is 0.496 e. The van der Waals surface area contributed by atoms with E-state index in [4.69, 9.17) is 4.74 Å². The van der Waals surface area contributed by atoms with E-state index in [0.717, 1.165) is 34.7 Å². The molecule has 0 aliphatic rings. The number of aliphatic imine (C=N–C) groups is 1. The minimum Gasteiger partial charge on any atom is -0.496 e. The monoisotopic (exact) mass is 376 g/mol. The maximum Gasteiger partial charge on any atom is 0.191 e. The van der Waals surface area contributed by atoms with Gasteiger partial charge in [0.15, 0.2) is 5.96 Å². The molecule has 0 aromatic carbocycles. The van der Waals surface area contributed by atoms with Crippen LogP contribution < -0.4 is 15.4 Å². The zero-order valence-corrected chi connectivity index (χ0v) is 16.9. The number of ether oxygens (including phenoxy) is 1. The Bertz CT molecular complexity index is 742. The first-order chi connectivity index (χ1) is 12.4. The second-order valence-corrected chi connectivity index (χ2v) is 7.16. The first-order valence-electron chi connectivity index (χ1n) is 8.65. The van der Waals surface area contributed by atoms with Crippen LogP contribution in [-0.2, 0) is 12.1 Å². The van der Waals surface area contributed by atoms with Gasteiger partial charge in [0.2, 0.25) is 0 Å². The van der Waals surface area contributed by atoms with E-state index in [0.29, 0.717) is 19.0 Å². The Balaban J connectivity index is 2.10. The van der Waals surface area contributed by atoms with Crippen LogP contribution in [0.2, 0.25) is 0 Å². The maximum absolute atomic E-state index is 10.7. The highest BCUT2D eigenvalue weighted by atomic mass is 32.1. The van der Waals surface area contributed by atoms with Crippen molar-refractivity contribution < 1.29 is 9.84 Å². The molecule has 0 bridgehead atoms. The lowest BCUT2D eigenvalue weighted by Gasteiger charge is -2.24. The molecule has 2 rings (SSSR count). The van der Waals surface area contributed by atoms with Crippen LogP contribution in [0, 0.1) is 13.8 Å². The third-order valence-electron chi connectivity index (χ3n) is 4.22. The van der Waals surface area contributed by atoms with Crippen molar-refractivity contribution in [2.75, 3.05) is 20.2 Å². The van der Waals surface area contributed by atoms with Crippen LogP contribution in [0.3, 0.4) is 0 Å². The highest BCUT2D eigenvalue weighted by Crippen LogP contribution is 2.24. The van der Waals surface area contributed by atoms with E-state index < -0.39 is 5.60 Å². The Hall–Kier alpha value is -2.12. The molecule has 0 aliphatic heterocycles. The summed E-state index contributed by atoms with van der Waals surface area (Å²) in [4.78, 5) is 9.08. The predicted molar refractivity (Wildman–Crippen MR) is 107 cm³/mol. The fraction of sp³-hybridized carbons (Fsp3) is 0.474.